The van der Waals surface area contributed by atoms with E-state index in [-0.39, 0.29) is 56.1 Å². The van der Waals surface area contributed by atoms with Crippen LogP contribution in [0.3, 0.4) is 0 Å². The van der Waals surface area contributed by atoms with Gasteiger partial charge in [-0.2, -0.15) is 0 Å². The lowest BCUT2D eigenvalue weighted by Crippen LogP contribution is -2.40. The Bertz CT molecular complexity index is 1030. The summed E-state index contributed by atoms with van der Waals surface area (Å²) in [7, 11) is 0. The Morgan fingerprint density at radius 1 is 1.09 bits per heavy atom. The van der Waals surface area contributed by atoms with Crippen molar-refractivity contribution in [1.82, 2.24) is 10.6 Å². The van der Waals surface area contributed by atoms with Crippen LogP contribution in [0.15, 0.2) is 48.5 Å². The predicted molar refractivity (Wildman–Crippen MR) is 130 cm³/mol. The van der Waals surface area contributed by atoms with E-state index >= 15 is 0 Å². The number of amides is 2. The van der Waals surface area contributed by atoms with Gasteiger partial charge in [0.15, 0.2) is 0 Å². The largest absolute Gasteiger partial charge is 0.481 e. The average molecular weight is 481 g/mol. The standard InChI is InChI=1S/C27H32N2O6/c1-2-7-18(13-25(30)31)29-26(32)17-12-19(34-15-17)14-28-27(33)35-16-24-22-10-5-3-8-20(22)21-9-4-6-11-23(21)24/h3-6,8-11,17-19,24H,2,7,12-16H2,1H3,(H,28,33)(H,29,32)(H,30,31)/t17?,18-,19?/m0/s1. The van der Waals surface area contributed by atoms with Crippen LogP contribution in [0.25, 0.3) is 11.1 Å². The first-order valence-electron chi connectivity index (χ1n) is 12.2. The van der Waals surface area contributed by atoms with Crippen LogP contribution in [0, 0.1) is 5.92 Å². The van der Waals surface area contributed by atoms with Crippen LogP contribution in [-0.2, 0) is 19.1 Å². The van der Waals surface area contributed by atoms with Gasteiger partial charge in [0.05, 0.1) is 25.0 Å². The van der Waals surface area contributed by atoms with Crippen molar-refractivity contribution in [1.29, 1.82) is 0 Å². The van der Waals surface area contributed by atoms with E-state index in [1.54, 1.807) is 0 Å². The molecule has 8 nitrogen and oxygen atoms in total. The van der Waals surface area contributed by atoms with Gasteiger partial charge in [-0.3, -0.25) is 9.59 Å². The molecule has 0 aromatic heterocycles. The second-order valence-electron chi connectivity index (χ2n) is 9.19. The summed E-state index contributed by atoms with van der Waals surface area (Å²) in [6.45, 7) is 2.67. The van der Waals surface area contributed by atoms with Gasteiger partial charge in [-0.05, 0) is 35.1 Å². The molecular weight excluding hydrogens is 448 g/mol. The van der Waals surface area contributed by atoms with Crippen molar-refractivity contribution in [3.05, 3.63) is 59.7 Å². The Morgan fingerprint density at radius 3 is 2.37 bits per heavy atom. The molecule has 1 heterocycles. The second-order valence-corrected chi connectivity index (χ2v) is 9.19. The van der Waals surface area contributed by atoms with Gasteiger partial charge >= 0.3 is 12.1 Å². The lowest BCUT2D eigenvalue weighted by molar-refractivity contribution is -0.137. The number of hydrogen-bond donors (Lipinski definition) is 3. The lowest BCUT2D eigenvalue weighted by Gasteiger charge is -2.18. The molecular formula is C27H32N2O6. The summed E-state index contributed by atoms with van der Waals surface area (Å²) in [5.74, 6) is -1.51. The van der Waals surface area contributed by atoms with Gasteiger partial charge in [0, 0.05) is 18.5 Å². The van der Waals surface area contributed by atoms with Gasteiger partial charge in [0.25, 0.3) is 0 Å². The van der Waals surface area contributed by atoms with Gasteiger partial charge in [-0.25, -0.2) is 4.79 Å². The highest BCUT2D eigenvalue weighted by Gasteiger charge is 2.33. The van der Waals surface area contributed by atoms with Crippen molar-refractivity contribution in [3.8, 4) is 11.1 Å². The second kappa shape index (κ2) is 11.4. The van der Waals surface area contributed by atoms with Gasteiger partial charge in [0.1, 0.15) is 6.61 Å². The zero-order valence-electron chi connectivity index (χ0n) is 19.9. The lowest BCUT2D eigenvalue weighted by atomic mass is 9.98. The molecule has 3 N–H and O–H groups in total. The molecule has 2 aliphatic rings. The first-order chi connectivity index (χ1) is 17.0. The molecule has 35 heavy (non-hydrogen) atoms. The number of benzene rings is 2. The van der Waals surface area contributed by atoms with Crippen LogP contribution in [0.5, 0.6) is 0 Å². The van der Waals surface area contributed by atoms with E-state index in [1.807, 2.05) is 31.2 Å². The summed E-state index contributed by atoms with van der Waals surface area (Å²) in [6.07, 6.45) is 0.939. The van der Waals surface area contributed by atoms with E-state index < -0.39 is 12.1 Å². The molecule has 0 spiro atoms. The quantitative estimate of drug-likeness (QED) is 0.478. The zero-order valence-corrected chi connectivity index (χ0v) is 19.9. The fraction of sp³-hybridized carbons (Fsp3) is 0.444. The minimum atomic E-state index is -0.934. The van der Waals surface area contributed by atoms with Crippen molar-refractivity contribution >= 4 is 18.0 Å². The minimum Gasteiger partial charge on any atom is -0.481 e. The molecule has 0 radical (unpaired) electrons. The monoisotopic (exact) mass is 480 g/mol. The number of aliphatic carboxylic acids is 1. The van der Waals surface area contributed by atoms with Crippen LogP contribution < -0.4 is 10.6 Å². The minimum absolute atomic E-state index is 0.00849. The molecule has 186 valence electrons. The molecule has 3 atom stereocenters. The van der Waals surface area contributed by atoms with E-state index in [9.17, 15) is 14.4 Å². The predicted octanol–water partition coefficient (Wildman–Crippen LogP) is 3.69. The van der Waals surface area contributed by atoms with Gasteiger partial charge in [-0.1, -0.05) is 61.9 Å². The van der Waals surface area contributed by atoms with Crippen LogP contribution >= 0.6 is 0 Å². The van der Waals surface area contributed by atoms with E-state index in [0.717, 1.165) is 17.5 Å². The highest BCUT2D eigenvalue weighted by Crippen LogP contribution is 2.44. The number of fused-ring (bicyclic) bond motifs is 3. The van der Waals surface area contributed by atoms with E-state index in [0.29, 0.717) is 12.8 Å². The average Bonchev–Trinajstić information content (AvgIpc) is 3.44. The normalized spacial score (nSPS) is 19.5. The highest BCUT2D eigenvalue weighted by atomic mass is 16.5. The maximum absolute atomic E-state index is 12.6. The van der Waals surface area contributed by atoms with Crippen LogP contribution in [-0.4, -0.2) is 55.0 Å². The summed E-state index contributed by atoms with van der Waals surface area (Å²) in [5.41, 5.74) is 4.65. The van der Waals surface area contributed by atoms with Crippen LogP contribution in [0.4, 0.5) is 4.79 Å². The van der Waals surface area contributed by atoms with Crippen molar-refractivity contribution in [2.75, 3.05) is 19.8 Å². The Morgan fingerprint density at radius 2 is 1.74 bits per heavy atom. The number of rotatable bonds is 10. The van der Waals surface area contributed by atoms with Crippen molar-refractivity contribution in [2.24, 2.45) is 5.92 Å². The van der Waals surface area contributed by atoms with Gasteiger partial charge in [0.2, 0.25) is 5.91 Å². The Kier molecular flexibility index (Phi) is 8.02. The molecule has 2 aromatic rings. The highest BCUT2D eigenvalue weighted by molar-refractivity contribution is 5.80. The van der Waals surface area contributed by atoms with Crippen molar-refractivity contribution in [2.45, 2.75) is 50.7 Å². The first kappa shape index (κ1) is 24.7. The summed E-state index contributed by atoms with van der Waals surface area (Å²) in [6, 6.07) is 15.9. The number of alkyl carbamates (subject to hydrolysis) is 1. The Hall–Kier alpha value is -3.39. The number of carbonyl (C=O) groups is 3. The maximum atomic E-state index is 12.6. The summed E-state index contributed by atoms with van der Waals surface area (Å²) >= 11 is 0. The Balaban J connectivity index is 1.23. The fourth-order valence-corrected chi connectivity index (χ4v) is 4.98. The van der Waals surface area contributed by atoms with E-state index in [4.69, 9.17) is 14.6 Å². The number of carboxylic acid groups (broad SMARTS) is 1. The molecule has 1 aliphatic carbocycles. The first-order valence-corrected chi connectivity index (χ1v) is 12.2. The third-order valence-electron chi connectivity index (χ3n) is 6.67. The molecule has 2 aromatic carbocycles. The molecule has 8 heteroatoms. The number of carbonyl (C=O) groups excluding carboxylic acids is 2. The molecule has 0 saturated carbocycles. The van der Waals surface area contributed by atoms with Crippen molar-refractivity contribution in [3.63, 3.8) is 0 Å². The third kappa shape index (κ3) is 6.00. The SMILES string of the molecule is CCC[C@@H](CC(=O)O)NC(=O)C1COC(CNC(=O)OCC2c3ccccc3-c3ccccc32)C1. The molecule has 2 unspecified atom stereocenters. The number of nitrogens with one attached hydrogen (secondary N) is 2. The Labute approximate surface area is 205 Å². The smallest absolute Gasteiger partial charge is 0.407 e. The number of hydrogen-bond acceptors (Lipinski definition) is 5. The number of ether oxygens (including phenoxy) is 2. The molecule has 1 saturated heterocycles. The maximum Gasteiger partial charge on any atom is 0.407 e. The summed E-state index contributed by atoms with van der Waals surface area (Å²) in [4.78, 5) is 36.0. The molecule has 1 fully saturated rings. The zero-order chi connectivity index (χ0) is 24.8. The van der Waals surface area contributed by atoms with Crippen LogP contribution in [0.2, 0.25) is 0 Å². The fourth-order valence-electron chi connectivity index (χ4n) is 4.98. The third-order valence-corrected chi connectivity index (χ3v) is 6.67. The molecule has 2 amide bonds. The topological polar surface area (TPSA) is 114 Å². The van der Waals surface area contributed by atoms with E-state index in [2.05, 4.69) is 34.9 Å². The number of carboxylic acids is 1. The summed E-state index contributed by atoms with van der Waals surface area (Å²) < 4.78 is 11.2. The van der Waals surface area contributed by atoms with Crippen molar-refractivity contribution < 1.29 is 29.0 Å². The van der Waals surface area contributed by atoms with Crippen LogP contribution in [0.1, 0.15) is 49.7 Å². The van der Waals surface area contributed by atoms with E-state index in [1.165, 1.54) is 11.1 Å². The summed E-state index contributed by atoms with van der Waals surface area (Å²) in [5, 5.41) is 14.6. The molecule has 0 bridgehead atoms. The molecule has 4 rings (SSSR count). The van der Waals surface area contributed by atoms with Gasteiger partial charge in [-0.15, -0.1) is 0 Å². The van der Waals surface area contributed by atoms with Gasteiger partial charge < -0.3 is 25.2 Å². The molecule has 1 aliphatic heterocycles.